The number of rotatable bonds is 3. The minimum atomic E-state index is -0.520. The van der Waals surface area contributed by atoms with Crippen LogP contribution in [0.5, 0.6) is 0 Å². The Balaban J connectivity index is 2.94. The molecule has 15 heavy (non-hydrogen) atoms. The van der Waals surface area contributed by atoms with Crippen molar-refractivity contribution < 1.29 is 10.0 Å². The molecule has 0 saturated heterocycles. The highest BCUT2D eigenvalue weighted by atomic mass is 16.5. The van der Waals surface area contributed by atoms with Crippen molar-refractivity contribution in [3.63, 3.8) is 0 Å². The van der Waals surface area contributed by atoms with Gasteiger partial charge in [0, 0.05) is 6.08 Å². The fraction of sp³-hybridized carbons (Fsp3) is 0.250. The van der Waals surface area contributed by atoms with E-state index in [2.05, 4.69) is 13.8 Å². The van der Waals surface area contributed by atoms with Crippen molar-refractivity contribution in [2.45, 2.75) is 19.8 Å². The smallest absolute Gasteiger partial charge is 0.267 e. The van der Waals surface area contributed by atoms with E-state index < -0.39 is 5.91 Å². The van der Waals surface area contributed by atoms with E-state index >= 15 is 0 Å². The number of nitrogens with one attached hydrogen (secondary N) is 1. The summed E-state index contributed by atoms with van der Waals surface area (Å²) in [6.45, 7) is 4.19. The van der Waals surface area contributed by atoms with Gasteiger partial charge in [-0.2, -0.15) is 0 Å². The number of benzene rings is 1. The van der Waals surface area contributed by atoms with Crippen LogP contribution in [0.2, 0.25) is 0 Å². The number of carbonyl (C=O) groups excluding carboxylic acids is 1. The Bertz CT molecular complexity index is 370. The Morgan fingerprint density at radius 3 is 2.67 bits per heavy atom. The average Bonchev–Trinajstić information content (AvgIpc) is 2.26. The van der Waals surface area contributed by atoms with Gasteiger partial charge in [0.2, 0.25) is 0 Å². The predicted molar refractivity (Wildman–Crippen MR) is 59.5 cm³/mol. The number of hydroxylamine groups is 1. The molecule has 0 aliphatic carbocycles. The van der Waals surface area contributed by atoms with Crippen molar-refractivity contribution in [2.75, 3.05) is 0 Å². The number of hydrogen-bond acceptors (Lipinski definition) is 2. The number of carbonyl (C=O) groups is 1. The van der Waals surface area contributed by atoms with Gasteiger partial charge in [0.25, 0.3) is 5.91 Å². The maximum atomic E-state index is 10.8. The molecule has 1 aromatic rings. The normalized spacial score (nSPS) is 10.9. The molecule has 0 unspecified atom stereocenters. The predicted octanol–water partition coefficient (Wildman–Crippen LogP) is 2.33. The van der Waals surface area contributed by atoms with Gasteiger partial charge in [0.05, 0.1) is 0 Å². The second-order valence-corrected chi connectivity index (χ2v) is 3.59. The molecule has 0 spiro atoms. The topological polar surface area (TPSA) is 49.3 Å². The quantitative estimate of drug-likeness (QED) is 0.452. The molecule has 0 radical (unpaired) electrons. The van der Waals surface area contributed by atoms with Crippen LogP contribution in [0.25, 0.3) is 6.08 Å². The molecule has 1 amide bonds. The first kappa shape index (κ1) is 11.5. The Morgan fingerprint density at radius 1 is 1.40 bits per heavy atom. The van der Waals surface area contributed by atoms with E-state index in [9.17, 15) is 4.79 Å². The molecule has 0 atom stereocenters. The summed E-state index contributed by atoms with van der Waals surface area (Å²) in [6, 6.07) is 7.86. The molecule has 2 N–H and O–H groups in total. The standard InChI is InChI=1S/C12H15NO2/c1-9(2)11-6-4-3-5-10(11)7-8-12(14)13-15/h3-9,15H,1-2H3,(H,13,14)/b8-7+. The molecule has 3 nitrogen and oxygen atoms in total. The summed E-state index contributed by atoms with van der Waals surface area (Å²) in [5.41, 5.74) is 3.73. The molecule has 0 heterocycles. The Labute approximate surface area is 89.4 Å². The van der Waals surface area contributed by atoms with Gasteiger partial charge in [-0.25, -0.2) is 5.48 Å². The SMILES string of the molecule is CC(C)c1ccccc1/C=C/C(=O)NO. The van der Waals surface area contributed by atoms with Gasteiger partial charge in [-0.05, 0) is 23.1 Å². The van der Waals surface area contributed by atoms with Gasteiger partial charge in [-0.3, -0.25) is 10.0 Å². The van der Waals surface area contributed by atoms with Crippen molar-refractivity contribution in [1.82, 2.24) is 5.48 Å². The van der Waals surface area contributed by atoms with E-state index in [1.165, 1.54) is 11.6 Å². The van der Waals surface area contributed by atoms with Crippen LogP contribution in [-0.4, -0.2) is 11.1 Å². The molecule has 0 bridgehead atoms. The maximum Gasteiger partial charge on any atom is 0.267 e. The summed E-state index contributed by atoms with van der Waals surface area (Å²) in [4.78, 5) is 10.8. The fourth-order valence-electron chi connectivity index (χ4n) is 1.39. The summed E-state index contributed by atoms with van der Waals surface area (Å²) in [5, 5.41) is 8.34. The van der Waals surface area contributed by atoms with Gasteiger partial charge in [-0.1, -0.05) is 38.1 Å². The van der Waals surface area contributed by atoms with Gasteiger partial charge >= 0.3 is 0 Å². The first-order valence-corrected chi connectivity index (χ1v) is 4.86. The second-order valence-electron chi connectivity index (χ2n) is 3.59. The first-order valence-electron chi connectivity index (χ1n) is 4.86. The first-order chi connectivity index (χ1) is 7.15. The zero-order valence-electron chi connectivity index (χ0n) is 8.90. The minimum Gasteiger partial charge on any atom is -0.288 e. The molecule has 0 fully saturated rings. The van der Waals surface area contributed by atoms with Crippen molar-refractivity contribution in [1.29, 1.82) is 0 Å². The zero-order chi connectivity index (χ0) is 11.3. The minimum absolute atomic E-state index is 0.406. The summed E-state index contributed by atoms with van der Waals surface area (Å²) in [6.07, 6.45) is 3.00. The number of hydrogen-bond donors (Lipinski definition) is 2. The van der Waals surface area contributed by atoms with Gasteiger partial charge < -0.3 is 0 Å². The molecule has 80 valence electrons. The maximum absolute atomic E-state index is 10.8. The third kappa shape index (κ3) is 3.22. The molecule has 0 aliphatic rings. The van der Waals surface area contributed by atoms with E-state index in [0.29, 0.717) is 5.92 Å². The second kappa shape index (κ2) is 5.32. The van der Waals surface area contributed by atoms with Crippen LogP contribution in [0, 0.1) is 0 Å². The summed E-state index contributed by atoms with van der Waals surface area (Å²) in [5.74, 6) is -0.114. The van der Waals surface area contributed by atoms with Crippen LogP contribution in [0.15, 0.2) is 30.3 Å². The molecule has 3 heteroatoms. The largest absolute Gasteiger partial charge is 0.288 e. The third-order valence-electron chi connectivity index (χ3n) is 2.14. The van der Waals surface area contributed by atoms with Crippen molar-refractivity contribution in [3.05, 3.63) is 41.5 Å². The van der Waals surface area contributed by atoms with Crippen molar-refractivity contribution in [3.8, 4) is 0 Å². The molecule has 1 rings (SSSR count). The van der Waals surface area contributed by atoms with E-state index in [1.807, 2.05) is 24.3 Å². The van der Waals surface area contributed by atoms with Crippen molar-refractivity contribution in [2.24, 2.45) is 0 Å². The third-order valence-corrected chi connectivity index (χ3v) is 2.14. The lowest BCUT2D eigenvalue weighted by atomic mass is 9.97. The molecular formula is C12H15NO2. The molecule has 0 aromatic heterocycles. The average molecular weight is 205 g/mol. The lowest BCUT2D eigenvalue weighted by Gasteiger charge is -2.08. The van der Waals surface area contributed by atoms with Crippen LogP contribution < -0.4 is 5.48 Å². The summed E-state index contributed by atoms with van der Waals surface area (Å²) >= 11 is 0. The lowest BCUT2D eigenvalue weighted by molar-refractivity contribution is -0.124. The van der Waals surface area contributed by atoms with Crippen LogP contribution in [0.3, 0.4) is 0 Å². The van der Waals surface area contributed by atoms with Crippen LogP contribution in [-0.2, 0) is 4.79 Å². The Hall–Kier alpha value is -1.61. The highest BCUT2D eigenvalue weighted by Crippen LogP contribution is 2.19. The van der Waals surface area contributed by atoms with E-state index in [1.54, 1.807) is 11.6 Å². The highest BCUT2D eigenvalue weighted by molar-refractivity contribution is 5.91. The van der Waals surface area contributed by atoms with E-state index in [4.69, 9.17) is 5.21 Å². The van der Waals surface area contributed by atoms with Crippen molar-refractivity contribution >= 4 is 12.0 Å². The van der Waals surface area contributed by atoms with Crippen LogP contribution >= 0.6 is 0 Å². The molecular weight excluding hydrogens is 190 g/mol. The fourth-order valence-corrected chi connectivity index (χ4v) is 1.39. The van der Waals surface area contributed by atoms with Gasteiger partial charge in [0.15, 0.2) is 0 Å². The van der Waals surface area contributed by atoms with E-state index in [0.717, 1.165) is 5.56 Å². The van der Waals surface area contributed by atoms with Crippen LogP contribution in [0.1, 0.15) is 30.9 Å². The molecule has 0 aliphatic heterocycles. The molecule has 1 aromatic carbocycles. The number of amides is 1. The zero-order valence-corrected chi connectivity index (χ0v) is 8.90. The van der Waals surface area contributed by atoms with E-state index in [-0.39, 0.29) is 0 Å². The Kier molecular flexibility index (Phi) is 4.06. The van der Waals surface area contributed by atoms with Gasteiger partial charge in [-0.15, -0.1) is 0 Å². The highest BCUT2D eigenvalue weighted by Gasteiger charge is 2.02. The van der Waals surface area contributed by atoms with Crippen LogP contribution in [0.4, 0.5) is 0 Å². The Morgan fingerprint density at radius 2 is 2.07 bits per heavy atom. The lowest BCUT2D eigenvalue weighted by Crippen LogP contribution is -2.14. The summed E-state index contributed by atoms with van der Waals surface area (Å²) in [7, 11) is 0. The molecule has 0 saturated carbocycles. The summed E-state index contributed by atoms with van der Waals surface area (Å²) < 4.78 is 0. The monoisotopic (exact) mass is 205 g/mol. The van der Waals surface area contributed by atoms with Gasteiger partial charge in [0.1, 0.15) is 0 Å².